The topological polar surface area (TPSA) is 179 Å². The molecule has 340 valence electrons. The highest BCUT2D eigenvalue weighted by Crippen LogP contribution is 2.47. The van der Waals surface area contributed by atoms with Crippen LogP contribution >= 0.6 is 0 Å². The Morgan fingerprint density at radius 3 is 1.64 bits per heavy atom. The van der Waals surface area contributed by atoms with Gasteiger partial charge in [-0.25, -0.2) is 0 Å². The lowest BCUT2D eigenvalue weighted by Crippen LogP contribution is -2.54. The van der Waals surface area contributed by atoms with E-state index in [2.05, 4.69) is 21.0 Å². The average Bonchev–Trinajstić information content (AvgIpc) is 3.80. The van der Waals surface area contributed by atoms with E-state index in [4.69, 9.17) is 29.7 Å². The van der Waals surface area contributed by atoms with Gasteiger partial charge >= 0.3 is 0 Å². The molecule has 10 atom stereocenters. The minimum atomic E-state index is -0.765. The molecule has 0 bridgehead atoms. The normalized spacial score (nSPS) is 40.8. The number of hydrogen-bond donors (Lipinski definition) is 4. The molecule has 8 fully saturated rings. The van der Waals surface area contributed by atoms with Gasteiger partial charge < -0.3 is 24.8 Å². The first-order valence-corrected chi connectivity index (χ1v) is 25.6. The Bertz CT molecular complexity index is 1580. The second-order valence-corrected chi connectivity index (χ2v) is 21.3. The van der Waals surface area contributed by atoms with Gasteiger partial charge in [-0.05, 0) is 126 Å². The van der Waals surface area contributed by atoms with Gasteiger partial charge in [-0.2, -0.15) is 25.9 Å². The Labute approximate surface area is 364 Å². The zero-order valence-electron chi connectivity index (χ0n) is 37.0. The van der Waals surface area contributed by atoms with E-state index in [1.165, 1.54) is 83.5 Å². The highest BCUT2D eigenvalue weighted by atomic mass is 16.6. The Kier molecular flexibility index (Phi) is 15.2. The number of hydroxylamine groups is 1. The molecule has 13 nitrogen and oxygen atoms in total. The van der Waals surface area contributed by atoms with Crippen LogP contribution in [0.1, 0.15) is 203 Å². The average molecular weight is 847 g/mol. The maximum absolute atomic E-state index is 13.5. The molecule has 1 amide bonds. The van der Waals surface area contributed by atoms with Crippen LogP contribution in [-0.2, 0) is 9.63 Å². The maximum Gasteiger partial charge on any atom is 0.226 e. The summed E-state index contributed by atoms with van der Waals surface area (Å²) in [6.07, 6.45) is 29.4. The Hall–Kier alpha value is -2.35. The lowest BCUT2D eigenvalue weighted by molar-refractivity contribution is -0.135. The highest BCUT2D eigenvalue weighted by Gasteiger charge is 2.48. The van der Waals surface area contributed by atoms with Crippen molar-refractivity contribution in [2.45, 2.75) is 240 Å². The first kappa shape index (κ1) is 43.9. The van der Waals surface area contributed by atoms with E-state index >= 15 is 0 Å². The van der Waals surface area contributed by atoms with E-state index in [1.807, 2.05) is 0 Å². The van der Waals surface area contributed by atoms with Crippen LogP contribution in [0.4, 0.5) is 0 Å². The van der Waals surface area contributed by atoms with Gasteiger partial charge in [0.05, 0.1) is 36.8 Å². The molecule has 0 radical (unpaired) electrons. The van der Waals surface area contributed by atoms with Crippen molar-refractivity contribution in [3.8, 4) is 0 Å². The molecular formula is C48H78N8O5. The molecule has 0 aliphatic heterocycles. The summed E-state index contributed by atoms with van der Waals surface area (Å²) in [5.74, 6) is 3.53. The van der Waals surface area contributed by atoms with Crippen molar-refractivity contribution < 1.29 is 24.3 Å². The van der Waals surface area contributed by atoms with Crippen molar-refractivity contribution in [1.29, 1.82) is 0 Å². The van der Waals surface area contributed by atoms with Crippen LogP contribution in [0.15, 0.2) is 24.9 Å². The third kappa shape index (κ3) is 10.8. The number of rotatable bonds is 12. The fraction of sp³-hybridized carbons (Fsp3) is 0.938. The van der Waals surface area contributed by atoms with E-state index in [0.717, 1.165) is 108 Å². The molecule has 8 aliphatic rings. The molecule has 10 unspecified atom stereocenters. The van der Waals surface area contributed by atoms with E-state index in [-0.39, 0.29) is 59.8 Å². The van der Waals surface area contributed by atoms with Crippen LogP contribution in [0.5, 0.6) is 0 Å². The number of hydrogen-bond acceptors (Lipinski definition) is 12. The van der Waals surface area contributed by atoms with Gasteiger partial charge in [0.15, 0.2) is 0 Å². The van der Waals surface area contributed by atoms with E-state index in [0.29, 0.717) is 36.3 Å². The standard InChI is InChI=1S/C48H78N8O5/c57-44-34(29-60-56-38-15-5-2-6-16-38)27-32-11-7-9-17-39(32)42(44)52-50-36-23-19-30(20-24-36)47-54-55-48(61-47)31-21-25-37(26-22-31)51-53-43-40-18-10-8-12-33(40)28-41(45(43)58)46(59)49-35-13-3-1-4-14-35/h30-45,56-58H,1-29H2,(H,49,59). The van der Waals surface area contributed by atoms with Crippen molar-refractivity contribution in [3.63, 3.8) is 0 Å². The number of aromatic nitrogens is 2. The van der Waals surface area contributed by atoms with Gasteiger partial charge in [0.25, 0.3) is 0 Å². The number of carbonyl (C=O) groups is 1. The van der Waals surface area contributed by atoms with Gasteiger partial charge in [-0.15, -0.1) is 10.2 Å². The summed E-state index contributed by atoms with van der Waals surface area (Å²) < 4.78 is 6.41. The number of aliphatic hydroxyl groups excluding tert-OH is 2. The molecule has 0 saturated heterocycles. The molecule has 0 spiro atoms. The van der Waals surface area contributed by atoms with Crippen molar-refractivity contribution in [3.05, 3.63) is 11.8 Å². The van der Waals surface area contributed by atoms with Crippen molar-refractivity contribution in [2.75, 3.05) is 6.61 Å². The predicted molar refractivity (Wildman–Crippen MR) is 232 cm³/mol. The lowest BCUT2D eigenvalue weighted by Gasteiger charge is -2.45. The number of carbonyl (C=O) groups excluding carboxylic acids is 1. The van der Waals surface area contributed by atoms with Gasteiger partial charge in [0.2, 0.25) is 17.7 Å². The second kappa shape index (κ2) is 21.1. The van der Waals surface area contributed by atoms with Crippen LogP contribution < -0.4 is 10.8 Å². The molecule has 1 aromatic heterocycles. The molecule has 8 aliphatic carbocycles. The van der Waals surface area contributed by atoms with Crippen molar-refractivity contribution in [2.24, 2.45) is 56.0 Å². The highest BCUT2D eigenvalue weighted by molar-refractivity contribution is 5.80. The van der Waals surface area contributed by atoms with Crippen LogP contribution in [-0.4, -0.2) is 81.4 Å². The van der Waals surface area contributed by atoms with E-state index in [9.17, 15) is 15.0 Å². The van der Waals surface area contributed by atoms with Crippen LogP contribution in [0, 0.1) is 35.5 Å². The summed E-state index contributed by atoms with van der Waals surface area (Å²) in [5.41, 5.74) is 3.33. The monoisotopic (exact) mass is 847 g/mol. The van der Waals surface area contributed by atoms with E-state index < -0.39 is 12.2 Å². The van der Waals surface area contributed by atoms with Crippen LogP contribution in [0.2, 0.25) is 0 Å². The summed E-state index contributed by atoms with van der Waals surface area (Å²) >= 11 is 0. The van der Waals surface area contributed by atoms with Crippen molar-refractivity contribution in [1.82, 2.24) is 21.0 Å². The van der Waals surface area contributed by atoms with Crippen LogP contribution in [0.25, 0.3) is 0 Å². The van der Waals surface area contributed by atoms with Crippen LogP contribution in [0.3, 0.4) is 0 Å². The molecule has 1 heterocycles. The van der Waals surface area contributed by atoms with Gasteiger partial charge in [-0.1, -0.05) is 77.0 Å². The van der Waals surface area contributed by atoms with Gasteiger partial charge in [0.1, 0.15) is 12.1 Å². The van der Waals surface area contributed by atoms with E-state index in [1.54, 1.807) is 0 Å². The number of azo groups is 2. The lowest BCUT2D eigenvalue weighted by atomic mass is 9.64. The number of aliphatic hydroxyl groups is 2. The summed E-state index contributed by atoms with van der Waals surface area (Å²) in [6.45, 7) is 0.547. The van der Waals surface area contributed by atoms with Gasteiger partial charge in [-0.3, -0.25) is 4.79 Å². The fourth-order valence-corrected chi connectivity index (χ4v) is 13.6. The number of fused-ring (bicyclic) bond motifs is 2. The third-order valence-corrected chi connectivity index (χ3v) is 17.3. The fourth-order valence-electron chi connectivity index (χ4n) is 13.6. The Morgan fingerprint density at radius 1 is 0.574 bits per heavy atom. The molecular weight excluding hydrogens is 769 g/mol. The third-order valence-electron chi connectivity index (χ3n) is 17.3. The summed E-state index contributed by atoms with van der Waals surface area (Å²) in [5, 5.41) is 55.5. The molecule has 0 aromatic carbocycles. The quantitative estimate of drug-likeness (QED) is 0.119. The Morgan fingerprint density at radius 2 is 1.07 bits per heavy atom. The minimum absolute atomic E-state index is 0.0340. The molecule has 13 heteroatoms. The zero-order valence-corrected chi connectivity index (χ0v) is 37.0. The smallest absolute Gasteiger partial charge is 0.226 e. The first-order valence-electron chi connectivity index (χ1n) is 25.6. The largest absolute Gasteiger partial charge is 0.425 e. The first-order chi connectivity index (χ1) is 30.0. The maximum atomic E-state index is 13.5. The number of nitrogens with zero attached hydrogens (tertiary/aromatic N) is 6. The number of amides is 1. The molecule has 1 aromatic rings. The second-order valence-electron chi connectivity index (χ2n) is 21.3. The summed E-state index contributed by atoms with van der Waals surface area (Å²) in [7, 11) is 0. The predicted octanol–water partition coefficient (Wildman–Crippen LogP) is 9.44. The number of nitrogens with one attached hydrogen (secondary N) is 2. The minimum Gasteiger partial charge on any atom is -0.425 e. The summed E-state index contributed by atoms with van der Waals surface area (Å²) in [4.78, 5) is 19.6. The van der Waals surface area contributed by atoms with Gasteiger partial charge in [0, 0.05) is 29.8 Å². The SMILES string of the molecule is O=C(NC1CCCCC1)C1CC2CCCCC2C(N=NC2CCC(c3nnc(C4CCC(N=NC5C(O)C(CONC6CCCCC6)CC6CCCCC65)CC4)o3)CC2)C1O. The summed E-state index contributed by atoms with van der Waals surface area (Å²) in [6, 6.07) is 0.568. The van der Waals surface area contributed by atoms with Crippen molar-refractivity contribution >= 4 is 5.91 Å². The zero-order chi connectivity index (χ0) is 41.5. The molecule has 4 N–H and O–H groups in total. The molecule has 9 rings (SSSR count). The Balaban J connectivity index is 0.738. The molecule has 8 saturated carbocycles. The molecule has 61 heavy (non-hydrogen) atoms.